The standard InChI is InChI=1S/C19H24N2O3/c1-4-14-9-8-10-15(5-2)18(14)21-19(22)20-13-24-17-12-7-6-11-16(17)23-3/h6-12H,4-5,13H2,1-3H3,(H2,20,21,22). The number of anilines is 1. The lowest BCUT2D eigenvalue weighted by Gasteiger charge is -2.15. The van der Waals surface area contributed by atoms with E-state index in [2.05, 4.69) is 24.5 Å². The average molecular weight is 328 g/mol. The first-order valence-electron chi connectivity index (χ1n) is 8.11. The van der Waals surface area contributed by atoms with Crippen LogP contribution in [0.5, 0.6) is 11.5 Å². The predicted molar refractivity (Wildman–Crippen MR) is 95.8 cm³/mol. The van der Waals surface area contributed by atoms with Crippen molar-refractivity contribution >= 4 is 11.7 Å². The predicted octanol–water partition coefficient (Wildman–Crippen LogP) is 3.98. The second-order valence-electron chi connectivity index (χ2n) is 5.23. The SMILES string of the molecule is CCc1cccc(CC)c1NC(=O)NCOc1ccccc1OC. The second-order valence-corrected chi connectivity index (χ2v) is 5.23. The van der Waals surface area contributed by atoms with Crippen molar-refractivity contribution in [3.05, 3.63) is 53.6 Å². The normalized spacial score (nSPS) is 10.1. The first-order valence-corrected chi connectivity index (χ1v) is 8.11. The monoisotopic (exact) mass is 328 g/mol. The van der Waals surface area contributed by atoms with Gasteiger partial charge in [-0.15, -0.1) is 0 Å². The number of rotatable bonds is 7. The molecule has 0 saturated heterocycles. The Kier molecular flexibility index (Phi) is 6.49. The third-order valence-corrected chi connectivity index (χ3v) is 3.77. The van der Waals surface area contributed by atoms with Crippen LogP contribution in [0.2, 0.25) is 0 Å². The number of methoxy groups -OCH3 is 1. The molecule has 0 aliphatic carbocycles. The van der Waals surface area contributed by atoms with Gasteiger partial charge in [0.25, 0.3) is 0 Å². The summed E-state index contributed by atoms with van der Waals surface area (Å²) in [6.45, 7) is 4.20. The Hall–Kier alpha value is -2.69. The minimum atomic E-state index is -0.291. The zero-order valence-electron chi connectivity index (χ0n) is 14.4. The molecule has 0 aliphatic heterocycles. The number of urea groups is 1. The van der Waals surface area contributed by atoms with E-state index in [-0.39, 0.29) is 12.8 Å². The van der Waals surface area contributed by atoms with Gasteiger partial charge in [-0.05, 0) is 36.1 Å². The van der Waals surface area contributed by atoms with Crippen molar-refractivity contribution in [2.45, 2.75) is 26.7 Å². The van der Waals surface area contributed by atoms with E-state index in [1.165, 1.54) is 0 Å². The average Bonchev–Trinajstić information content (AvgIpc) is 2.62. The van der Waals surface area contributed by atoms with E-state index in [1.807, 2.05) is 30.3 Å². The zero-order valence-corrected chi connectivity index (χ0v) is 14.4. The molecule has 0 aliphatic rings. The molecule has 0 radical (unpaired) electrons. The number of carbonyl (C=O) groups excluding carboxylic acids is 1. The highest BCUT2D eigenvalue weighted by atomic mass is 16.5. The molecular weight excluding hydrogens is 304 g/mol. The van der Waals surface area contributed by atoms with Crippen LogP contribution in [0, 0.1) is 0 Å². The molecule has 0 aromatic heterocycles. The summed E-state index contributed by atoms with van der Waals surface area (Å²) in [6, 6.07) is 13.1. The van der Waals surface area contributed by atoms with E-state index in [0.717, 1.165) is 29.7 Å². The van der Waals surface area contributed by atoms with Crippen LogP contribution in [0.1, 0.15) is 25.0 Å². The first kappa shape index (κ1) is 17.7. The van der Waals surface area contributed by atoms with Crippen LogP contribution in [-0.4, -0.2) is 19.9 Å². The molecule has 0 unspecified atom stereocenters. The largest absolute Gasteiger partial charge is 0.493 e. The van der Waals surface area contributed by atoms with Crippen molar-refractivity contribution in [3.63, 3.8) is 0 Å². The number of hydrogen-bond acceptors (Lipinski definition) is 3. The molecule has 0 bridgehead atoms. The fourth-order valence-electron chi connectivity index (χ4n) is 2.48. The number of nitrogens with one attached hydrogen (secondary N) is 2. The van der Waals surface area contributed by atoms with Crippen LogP contribution >= 0.6 is 0 Å². The fraction of sp³-hybridized carbons (Fsp3) is 0.316. The van der Waals surface area contributed by atoms with Crippen molar-refractivity contribution in [2.75, 3.05) is 19.2 Å². The summed E-state index contributed by atoms with van der Waals surface area (Å²) >= 11 is 0. The molecule has 24 heavy (non-hydrogen) atoms. The summed E-state index contributed by atoms with van der Waals surface area (Å²) in [4.78, 5) is 12.2. The topological polar surface area (TPSA) is 59.6 Å². The highest BCUT2D eigenvalue weighted by Crippen LogP contribution is 2.25. The van der Waals surface area contributed by atoms with Gasteiger partial charge in [-0.1, -0.05) is 44.2 Å². The summed E-state index contributed by atoms with van der Waals surface area (Å²) in [7, 11) is 1.58. The Morgan fingerprint density at radius 2 is 1.58 bits per heavy atom. The van der Waals surface area contributed by atoms with E-state index < -0.39 is 0 Å². The molecule has 0 heterocycles. The molecular formula is C19H24N2O3. The van der Waals surface area contributed by atoms with Crippen LogP contribution in [0.4, 0.5) is 10.5 Å². The Labute approximate surface area is 143 Å². The van der Waals surface area contributed by atoms with Crippen molar-refractivity contribution in [1.29, 1.82) is 0 Å². The maximum atomic E-state index is 12.2. The summed E-state index contributed by atoms with van der Waals surface area (Å²) in [5, 5.41) is 5.64. The molecule has 2 N–H and O–H groups in total. The van der Waals surface area contributed by atoms with E-state index in [1.54, 1.807) is 19.2 Å². The van der Waals surface area contributed by atoms with Gasteiger partial charge in [-0.3, -0.25) is 0 Å². The Morgan fingerprint density at radius 1 is 0.958 bits per heavy atom. The highest BCUT2D eigenvalue weighted by Gasteiger charge is 2.10. The van der Waals surface area contributed by atoms with E-state index >= 15 is 0 Å². The van der Waals surface area contributed by atoms with Gasteiger partial charge in [0.05, 0.1) is 7.11 Å². The van der Waals surface area contributed by atoms with Gasteiger partial charge in [0.2, 0.25) is 0 Å². The van der Waals surface area contributed by atoms with E-state index in [0.29, 0.717) is 11.5 Å². The van der Waals surface area contributed by atoms with Gasteiger partial charge in [-0.25, -0.2) is 4.79 Å². The molecule has 2 aromatic carbocycles. The molecule has 0 saturated carbocycles. The van der Waals surface area contributed by atoms with Gasteiger partial charge < -0.3 is 20.1 Å². The van der Waals surface area contributed by atoms with Crippen LogP contribution < -0.4 is 20.1 Å². The van der Waals surface area contributed by atoms with Gasteiger partial charge in [-0.2, -0.15) is 0 Å². The van der Waals surface area contributed by atoms with E-state index in [9.17, 15) is 4.79 Å². The van der Waals surface area contributed by atoms with Crippen molar-refractivity contribution in [1.82, 2.24) is 5.32 Å². The summed E-state index contributed by atoms with van der Waals surface area (Å²) in [6.07, 6.45) is 1.72. The van der Waals surface area contributed by atoms with Crippen molar-refractivity contribution in [2.24, 2.45) is 0 Å². The van der Waals surface area contributed by atoms with Crippen LogP contribution in [0.25, 0.3) is 0 Å². The molecule has 0 fully saturated rings. The summed E-state index contributed by atoms with van der Waals surface area (Å²) in [5.41, 5.74) is 3.13. The maximum absolute atomic E-state index is 12.2. The van der Waals surface area contributed by atoms with E-state index in [4.69, 9.17) is 9.47 Å². The quantitative estimate of drug-likeness (QED) is 0.756. The molecule has 0 spiro atoms. The van der Waals surface area contributed by atoms with Crippen molar-refractivity contribution in [3.8, 4) is 11.5 Å². The molecule has 128 valence electrons. The lowest BCUT2D eigenvalue weighted by atomic mass is 10.0. The lowest BCUT2D eigenvalue weighted by Crippen LogP contribution is -2.32. The molecule has 2 amide bonds. The fourth-order valence-corrected chi connectivity index (χ4v) is 2.48. The first-order chi connectivity index (χ1) is 11.7. The summed E-state index contributed by atoms with van der Waals surface area (Å²) < 4.78 is 10.8. The number of para-hydroxylation sites is 3. The minimum Gasteiger partial charge on any atom is -0.493 e. The zero-order chi connectivity index (χ0) is 17.4. The summed E-state index contributed by atoms with van der Waals surface area (Å²) in [5.74, 6) is 1.22. The Morgan fingerprint density at radius 3 is 2.17 bits per heavy atom. The number of aryl methyl sites for hydroxylation is 2. The molecule has 5 heteroatoms. The minimum absolute atomic E-state index is 0.0575. The lowest BCUT2D eigenvalue weighted by molar-refractivity contribution is 0.231. The van der Waals surface area contributed by atoms with Crippen LogP contribution in [-0.2, 0) is 12.8 Å². The number of benzene rings is 2. The third kappa shape index (κ3) is 4.41. The Bertz CT molecular complexity index is 664. The van der Waals surface area contributed by atoms with Gasteiger partial charge in [0.15, 0.2) is 18.2 Å². The van der Waals surface area contributed by atoms with Crippen LogP contribution in [0.15, 0.2) is 42.5 Å². The maximum Gasteiger partial charge on any atom is 0.321 e. The molecule has 2 aromatic rings. The number of carbonyl (C=O) groups is 1. The van der Waals surface area contributed by atoms with Gasteiger partial charge >= 0.3 is 6.03 Å². The molecule has 5 nitrogen and oxygen atoms in total. The molecule has 2 rings (SSSR count). The number of ether oxygens (including phenoxy) is 2. The van der Waals surface area contributed by atoms with Gasteiger partial charge in [0, 0.05) is 5.69 Å². The van der Waals surface area contributed by atoms with Crippen molar-refractivity contribution < 1.29 is 14.3 Å². The second kappa shape index (κ2) is 8.82. The van der Waals surface area contributed by atoms with Gasteiger partial charge in [0.1, 0.15) is 0 Å². The number of amides is 2. The Balaban J connectivity index is 1.95. The number of hydrogen-bond donors (Lipinski definition) is 2. The van der Waals surface area contributed by atoms with Crippen LogP contribution in [0.3, 0.4) is 0 Å². The molecule has 0 atom stereocenters. The smallest absolute Gasteiger partial charge is 0.321 e. The third-order valence-electron chi connectivity index (χ3n) is 3.77. The highest BCUT2D eigenvalue weighted by molar-refractivity contribution is 5.91.